The minimum Gasteiger partial charge on any atom is -0.252 e. The molecule has 0 bridgehead atoms. The number of thiophene rings is 1. The van der Waals surface area contributed by atoms with Gasteiger partial charge in [-0.1, -0.05) is 78.9 Å². The lowest BCUT2D eigenvalue weighted by molar-refractivity contribution is 0.791. The van der Waals surface area contributed by atoms with Gasteiger partial charge >= 0.3 is 0 Å². The van der Waals surface area contributed by atoms with Crippen molar-refractivity contribution >= 4 is 61.0 Å². The summed E-state index contributed by atoms with van der Waals surface area (Å²) in [6.07, 6.45) is 21.2. The highest BCUT2D eigenvalue weighted by atomic mass is 32.1. The van der Waals surface area contributed by atoms with Crippen molar-refractivity contribution < 1.29 is 0 Å². The molecule has 8 rings (SSSR count). The molecular weight excluding hydrogens is 468 g/mol. The van der Waals surface area contributed by atoms with Gasteiger partial charge in [0.25, 0.3) is 0 Å². The summed E-state index contributed by atoms with van der Waals surface area (Å²) in [5.74, 6) is 0.239. The second kappa shape index (κ2) is 8.36. The molecule has 0 saturated heterocycles. The molecule has 1 atom stereocenters. The first-order valence-electron chi connectivity index (χ1n) is 13.3. The van der Waals surface area contributed by atoms with Crippen molar-refractivity contribution in [2.24, 2.45) is 0 Å². The monoisotopic (exact) mass is 494 g/mol. The highest BCUT2D eigenvalue weighted by Crippen LogP contribution is 2.38. The first kappa shape index (κ1) is 21.3. The fraction of sp³-hybridized carbons (Fsp3) is 0.176. The average Bonchev–Trinajstić information content (AvgIpc) is 3.36. The number of hydrogen-bond acceptors (Lipinski definition) is 3. The quantitative estimate of drug-likeness (QED) is 0.240. The van der Waals surface area contributed by atoms with Gasteiger partial charge < -0.3 is 0 Å². The van der Waals surface area contributed by atoms with E-state index < -0.39 is 0 Å². The first-order chi connectivity index (χ1) is 18.3. The molecule has 178 valence electrons. The largest absolute Gasteiger partial charge is 0.252 e. The number of hydrogen-bond donors (Lipinski definition) is 0. The Morgan fingerprint density at radius 2 is 1.73 bits per heavy atom. The van der Waals surface area contributed by atoms with Gasteiger partial charge in [-0.25, -0.2) is 4.98 Å². The van der Waals surface area contributed by atoms with Crippen molar-refractivity contribution in [3.63, 3.8) is 0 Å². The number of benzene rings is 3. The summed E-state index contributed by atoms with van der Waals surface area (Å²) >= 11 is 1.95. The Kier molecular flexibility index (Phi) is 4.81. The normalized spacial score (nSPS) is 18.6. The second-order valence-electron chi connectivity index (χ2n) is 10.3. The highest BCUT2D eigenvalue weighted by molar-refractivity contribution is 7.17. The van der Waals surface area contributed by atoms with E-state index >= 15 is 0 Å². The number of fused-ring (bicyclic) bond motifs is 9. The van der Waals surface area contributed by atoms with Gasteiger partial charge in [-0.15, -0.1) is 11.3 Å². The maximum absolute atomic E-state index is 5.32. The van der Waals surface area contributed by atoms with Gasteiger partial charge in [-0.05, 0) is 70.9 Å². The lowest BCUT2D eigenvalue weighted by Gasteiger charge is -2.22. The van der Waals surface area contributed by atoms with Crippen molar-refractivity contribution in [1.82, 2.24) is 9.97 Å². The third-order valence-electron chi connectivity index (χ3n) is 8.22. The molecule has 3 aliphatic carbocycles. The Morgan fingerprint density at radius 3 is 2.68 bits per heavy atom. The standard InChI is InChI=1S/C34H26N2S/c1-3-14-27-24(11-1)25-12-2-4-15-28(25)33-32(27)35-20-30(36-33)22-10-7-9-21(19-22)23-16-8-17-29-26-13-5-6-18-31(26)37-34(23)29/h1,3-7,9-11,13-15,17-18,20,22H,2,8,12,16,19H2. The van der Waals surface area contributed by atoms with Gasteiger partial charge in [0.15, 0.2) is 0 Å². The molecule has 2 heterocycles. The number of aromatic nitrogens is 2. The lowest BCUT2D eigenvalue weighted by Crippen LogP contribution is -2.25. The summed E-state index contributed by atoms with van der Waals surface area (Å²) in [6.45, 7) is 0. The average molecular weight is 495 g/mol. The molecule has 0 fully saturated rings. The van der Waals surface area contributed by atoms with E-state index in [1.54, 1.807) is 0 Å². The molecule has 2 aromatic heterocycles. The SMILES string of the molecule is C1=CC(c2cnc3c(n2)c2c(c4ccccc43)CCC=C2)CC(C2=c3sc4ccccc4c3=CCC2)=C1. The van der Waals surface area contributed by atoms with E-state index in [9.17, 15) is 0 Å². The zero-order valence-corrected chi connectivity index (χ0v) is 21.4. The molecule has 5 aromatic rings. The molecule has 3 aromatic carbocycles. The van der Waals surface area contributed by atoms with Crippen LogP contribution in [0.2, 0.25) is 0 Å². The van der Waals surface area contributed by atoms with Crippen LogP contribution in [0, 0.1) is 0 Å². The van der Waals surface area contributed by atoms with Crippen LogP contribution >= 0.6 is 11.3 Å². The molecule has 0 saturated carbocycles. The molecule has 0 spiro atoms. The molecule has 37 heavy (non-hydrogen) atoms. The van der Waals surface area contributed by atoms with E-state index in [0.717, 1.165) is 48.8 Å². The van der Waals surface area contributed by atoms with Crippen LogP contribution in [-0.4, -0.2) is 9.97 Å². The Balaban J connectivity index is 1.24. The van der Waals surface area contributed by atoms with Gasteiger partial charge in [0.2, 0.25) is 0 Å². The molecule has 0 aliphatic heterocycles. The van der Waals surface area contributed by atoms with Crippen molar-refractivity contribution in [1.29, 1.82) is 0 Å². The van der Waals surface area contributed by atoms with Crippen molar-refractivity contribution in [3.8, 4) is 0 Å². The van der Waals surface area contributed by atoms with Crippen LogP contribution in [0.3, 0.4) is 0 Å². The van der Waals surface area contributed by atoms with E-state index in [2.05, 4.69) is 85.0 Å². The number of allylic oxidation sites excluding steroid dienone is 5. The third-order valence-corrected chi connectivity index (χ3v) is 9.47. The van der Waals surface area contributed by atoms with Crippen molar-refractivity contribution in [3.05, 3.63) is 111 Å². The summed E-state index contributed by atoms with van der Waals surface area (Å²) in [5, 5.41) is 5.37. The van der Waals surface area contributed by atoms with Gasteiger partial charge in [-0.2, -0.15) is 0 Å². The predicted molar refractivity (Wildman–Crippen MR) is 157 cm³/mol. The molecule has 0 amide bonds. The summed E-state index contributed by atoms with van der Waals surface area (Å²) < 4.78 is 2.85. The van der Waals surface area contributed by atoms with Gasteiger partial charge in [0.05, 0.1) is 16.7 Å². The van der Waals surface area contributed by atoms with Crippen LogP contribution in [0.5, 0.6) is 0 Å². The van der Waals surface area contributed by atoms with Crippen LogP contribution in [0.4, 0.5) is 0 Å². The lowest BCUT2D eigenvalue weighted by atomic mass is 9.85. The van der Waals surface area contributed by atoms with Gasteiger partial charge in [-0.3, -0.25) is 4.98 Å². The molecule has 3 heteroatoms. The maximum Gasteiger partial charge on any atom is 0.0971 e. The fourth-order valence-electron chi connectivity index (χ4n) is 6.46. The van der Waals surface area contributed by atoms with Crippen LogP contribution in [-0.2, 0) is 6.42 Å². The van der Waals surface area contributed by atoms with Gasteiger partial charge in [0.1, 0.15) is 0 Å². The van der Waals surface area contributed by atoms with E-state index in [1.165, 1.54) is 52.9 Å². The number of aryl methyl sites for hydroxylation is 1. The summed E-state index contributed by atoms with van der Waals surface area (Å²) in [6, 6.07) is 17.5. The molecule has 3 aliphatic rings. The van der Waals surface area contributed by atoms with Crippen LogP contribution < -0.4 is 9.75 Å². The first-order valence-corrected chi connectivity index (χ1v) is 14.1. The number of nitrogens with zero attached hydrogens (tertiary/aromatic N) is 2. The smallest absolute Gasteiger partial charge is 0.0971 e. The topological polar surface area (TPSA) is 25.8 Å². The van der Waals surface area contributed by atoms with Crippen LogP contribution in [0.15, 0.2) is 84.6 Å². The van der Waals surface area contributed by atoms with Crippen LogP contribution in [0.25, 0.3) is 49.6 Å². The maximum atomic E-state index is 5.32. The van der Waals surface area contributed by atoms with E-state index in [1.807, 2.05) is 17.5 Å². The minimum absolute atomic E-state index is 0.239. The fourth-order valence-corrected chi connectivity index (χ4v) is 7.78. The predicted octanol–water partition coefficient (Wildman–Crippen LogP) is 7.35. The number of rotatable bonds is 2. The van der Waals surface area contributed by atoms with Crippen molar-refractivity contribution in [2.75, 3.05) is 0 Å². The molecule has 0 radical (unpaired) electrons. The Hall–Kier alpha value is -3.82. The third kappa shape index (κ3) is 3.30. The zero-order chi connectivity index (χ0) is 24.3. The molecular formula is C34H26N2S. The highest BCUT2D eigenvalue weighted by Gasteiger charge is 2.22. The molecule has 2 nitrogen and oxygen atoms in total. The van der Waals surface area contributed by atoms with E-state index in [4.69, 9.17) is 9.97 Å². The zero-order valence-electron chi connectivity index (χ0n) is 20.6. The van der Waals surface area contributed by atoms with E-state index in [-0.39, 0.29) is 5.92 Å². The Morgan fingerprint density at radius 1 is 0.865 bits per heavy atom. The van der Waals surface area contributed by atoms with Gasteiger partial charge in [0, 0.05) is 32.3 Å². The van der Waals surface area contributed by atoms with E-state index in [0.29, 0.717) is 0 Å². The minimum atomic E-state index is 0.239. The summed E-state index contributed by atoms with van der Waals surface area (Å²) in [5.41, 5.74) is 8.81. The molecule has 0 N–H and O–H groups in total. The molecule has 1 unspecified atom stereocenters. The second-order valence-corrected chi connectivity index (χ2v) is 11.4. The van der Waals surface area contributed by atoms with Crippen LogP contribution in [0.1, 0.15) is 48.4 Å². The van der Waals surface area contributed by atoms with Crippen molar-refractivity contribution in [2.45, 2.75) is 38.0 Å². The Labute approximate surface area is 219 Å². The Bertz CT molecular complexity index is 1970. The summed E-state index contributed by atoms with van der Waals surface area (Å²) in [7, 11) is 0. The summed E-state index contributed by atoms with van der Waals surface area (Å²) in [4.78, 5) is 10.4.